The van der Waals surface area contributed by atoms with Gasteiger partial charge in [0.15, 0.2) is 0 Å². The van der Waals surface area contributed by atoms with E-state index >= 15 is 0 Å². The maximum Gasteiger partial charge on any atom is 0.320 e. The van der Waals surface area contributed by atoms with Crippen LogP contribution in [0.25, 0.3) is 0 Å². The Hall–Kier alpha value is -1.26. The molecule has 96 valence electrons. The zero-order valence-corrected chi connectivity index (χ0v) is 10.3. The predicted molar refractivity (Wildman–Crippen MR) is 62.7 cm³/mol. The lowest BCUT2D eigenvalue weighted by molar-refractivity contribution is -0.143. The van der Waals surface area contributed by atoms with Crippen LogP contribution in [0.3, 0.4) is 0 Å². The van der Waals surface area contributed by atoms with Gasteiger partial charge in [-0.05, 0) is 32.6 Å². The molecule has 0 radical (unpaired) electrons. The minimum Gasteiger partial charge on any atom is -0.481 e. The molecular weight excluding hydrogens is 220 g/mol. The second kappa shape index (κ2) is 4.94. The van der Waals surface area contributed by atoms with Gasteiger partial charge in [0.25, 0.3) is 0 Å². The van der Waals surface area contributed by atoms with Gasteiger partial charge in [-0.25, -0.2) is 4.79 Å². The van der Waals surface area contributed by atoms with Crippen LogP contribution in [0.4, 0.5) is 4.79 Å². The normalized spacial score (nSPS) is 21.4. The summed E-state index contributed by atoms with van der Waals surface area (Å²) in [6.45, 7) is 3.92. The van der Waals surface area contributed by atoms with Crippen molar-refractivity contribution in [1.29, 1.82) is 0 Å². The molecule has 1 saturated carbocycles. The highest BCUT2D eigenvalue weighted by atomic mass is 16.4. The Labute approximate surface area is 101 Å². The number of aliphatic carboxylic acids is 1. The third-order valence-corrected chi connectivity index (χ3v) is 3.69. The van der Waals surface area contributed by atoms with Crippen LogP contribution in [0, 0.1) is 5.92 Å². The number of carboxylic acids is 1. The van der Waals surface area contributed by atoms with E-state index in [0.29, 0.717) is 32.0 Å². The van der Waals surface area contributed by atoms with Gasteiger partial charge in [0, 0.05) is 25.7 Å². The van der Waals surface area contributed by atoms with Crippen molar-refractivity contribution < 1.29 is 14.7 Å². The maximum absolute atomic E-state index is 12.2. The Morgan fingerprint density at radius 3 is 2.24 bits per heavy atom. The first-order valence-electron chi connectivity index (χ1n) is 6.41. The molecule has 2 aliphatic rings. The number of urea groups is 1. The summed E-state index contributed by atoms with van der Waals surface area (Å²) in [6.07, 6.45) is 3.41. The number of carboxylic acid groups (broad SMARTS) is 1. The Balaban J connectivity index is 1.87. The fraction of sp³-hybridized carbons (Fsp3) is 0.833. The highest BCUT2D eigenvalue weighted by Gasteiger charge is 2.35. The van der Waals surface area contributed by atoms with Crippen LogP contribution in [0.2, 0.25) is 0 Å². The Morgan fingerprint density at radius 1 is 1.24 bits per heavy atom. The van der Waals surface area contributed by atoms with Gasteiger partial charge in [-0.15, -0.1) is 0 Å². The molecule has 2 rings (SSSR count). The van der Waals surface area contributed by atoms with Gasteiger partial charge in [0.1, 0.15) is 0 Å². The predicted octanol–water partition coefficient (Wildman–Crippen LogP) is 1.39. The molecule has 17 heavy (non-hydrogen) atoms. The number of hydrogen-bond acceptors (Lipinski definition) is 2. The number of hydrogen-bond donors (Lipinski definition) is 1. The zero-order valence-electron chi connectivity index (χ0n) is 10.3. The minimum absolute atomic E-state index is 0.0961. The smallest absolute Gasteiger partial charge is 0.320 e. The summed E-state index contributed by atoms with van der Waals surface area (Å²) < 4.78 is 0. The molecule has 0 aromatic rings. The minimum atomic E-state index is -0.730. The van der Waals surface area contributed by atoms with Crippen molar-refractivity contribution in [2.45, 2.75) is 38.6 Å². The van der Waals surface area contributed by atoms with Crippen molar-refractivity contribution in [2.75, 3.05) is 19.6 Å². The van der Waals surface area contributed by atoms with E-state index in [2.05, 4.69) is 0 Å². The quantitative estimate of drug-likeness (QED) is 0.810. The second-order valence-corrected chi connectivity index (χ2v) is 4.90. The lowest BCUT2D eigenvalue weighted by Gasteiger charge is -2.34. The van der Waals surface area contributed by atoms with Gasteiger partial charge in [0.2, 0.25) is 0 Å². The number of piperidine rings is 1. The fourth-order valence-corrected chi connectivity index (χ4v) is 2.44. The van der Waals surface area contributed by atoms with Crippen LogP contribution < -0.4 is 0 Å². The molecule has 0 unspecified atom stereocenters. The summed E-state index contributed by atoms with van der Waals surface area (Å²) in [5.74, 6) is -0.998. The average Bonchev–Trinajstić information content (AvgIpc) is 3.14. The van der Waals surface area contributed by atoms with E-state index in [-0.39, 0.29) is 11.9 Å². The first kappa shape index (κ1) is 12.2. The molecule has 0 aromatic heterocycles. The fourth-order valence-electron chi connectivity index (χ4n) is 2.44. The third-order valence-electron chi connectivity index (χ3n) is 3.69. The number of rotatable bonds is 3. The number of carbonyl (C=O) groups excluding carboxylic acids is 1. The van der Waals surface area contributed by atoms with Crippen LogP contribution in [0.1, 0.15) is 32.6 Å². The monoisotopic (exact) mass is 240 g/mol. The van der Waals surface area contributed by atoms with Crippen molar-refractivity contribution in [3.63, 3.8) is 0 Å². The number of carbonyl (C=O) groups is 2. The van der Waals surface area contributed by atoms with Gasteiger partial charge in [-0.3, -0.25) is 4.79 Å². The summed E-state index contributed by atoms with van der Waals surface area (Å²) in [6, 6.07) is 0.531. The van der Waals surface area contributed by atoms with Gasteiger partial charge in [-0.1, -0.05) is 0 Å². The van der Waals surface area contributed by atoms with E-state index in [1.807, 2.05) is 11.8 Å². The first-order chi connectivity index (χ1) is 8.13. The molecule has 1 saturated heterocycles. The van der Waals surface area contributed by atoms with Gasteiger partial charge < -0.3 is 14.9 Å². The molecule has 0 spiro atoms. The molecule has 1 aliphatic heterocycles. The zero-order chi connectivity index (χ0) is 12.4. The molecule has 0 atom stereocenters. The molecule has 0 bridgehead atoms. The standard InChI is InChI=1S/C12H20N2O3/c1-2-14(10-3-4-10)12(17)13-7-5-9(6-8-13)11(15)16/h9-10H,2-8H2,1H3,(H,15,16). The van der Waals surface area contributed by atoms with Crippen molar-refractivity contribution in [1.82, 2.24) is 9.80 Å². The lowest BCUT2D eigenvalue weighted by Crippen LogP contribution is -2.48. The number of amides is 2. The van der Waals surface area contributed by atoms with E-state index < -0.39 is 5.97 Å². The number of likely N-dealkylation sites (tertiary alicyclic amines) is 1. The van der Waals surface area contributed by atoms with Crippen LogP contribution in [-0.4, -0.2) is 52.6 Å². The van der Waals surface area contributed by atoms with Crippen molar-refractivity contribution in [3.05, 3.63) is 0 Å². The van der Waals surface area contributed by atoms with E-state index in [9.17, 15) is 9.59 Å². The van der Waals surface area contributed by atoms with E-state index in [1.165, 1.54) is 0 Å². The lowest BCUT2D eigenvalue weighted by atomic mass is 9.97. The van der Waals surface area contributed by atoms with Crippen molar-refractivity contribution in [2.24, 2.45) is 5.92 Å². The van der Waals surface area contributed by atoms with E-state index in [1.54, 1.807) is 4.90 Å². The second-order valence-electron chi connectivity index (χ2n) is 4.90. The van der Waals surface area contributed by atoms with E-state index in [0.717, 1.165) is 19.4 Å². The Morgan fingerprint density at radius 2 is 1.82 bits per heavy atom. The van der Waals surface area contributed by atoms with Crippen LogP contribution in [0.15, 0.2) is 0 Å². The highest BCUT2D eigenvalue weighted by molar-refractivity contribution is 5.76. The largest absolute Gasteiger partial charge is 0.481 e. The summed E-state index contributed by atoms with van der Waals surface area (Å²) in [7, 11) is 0. The Kier molecular flexibility index (Phi) is 3.54. The number of nitrogens with zero attached hydrogens (tertiary/aromatic N) is 2. The molecule has 5 nitrogen and oxygen atoms in total. The topological polar surface area (TPSA) is 60.9 Å². The van der Waals surface area contributed by atoms with Gasteiger partial charge in [0.05, 0.1) is 5.92 Å². The van der Waals surface area contributed by atoms with Crippen LogP contribution in [-0.2, 0) is 4.79 Å². The molecule has 1 heterocycles. The molecule has 1 aliphatic carbocycles. The molecule has 0 aromatic carbocycles. The highest BCUT2D eigenvalue weighted by Crippen LogP contribution is 2.28. The van der Waals surface area contributed by atoms with Gasteiger partial charge >= 0.3 is 12.0 Å². The van der Waals surface area contributed by atoms with E-state index in [4.69, 9.17) is 5.11 Å². The van der Waals surface area contributed by atoms with Crippen molar-refractivity contribution in [3.8, 4) is 0 Å². The first-order valence-corrected chi connectivity index (χ1v) is 6.41. The average molecular weight is 240 g/mol. The summed E-state index contributed by atoms with van der Waals surface area (Å²) in [5.41, 5.74) is 0. The third kappa shape index (κ3) is 2.70. The SMILES string of the molecule is CCN(C(=O)N1CCC(C(=O)O)CC1)C1CC1. The molecule has 1 N–H and O–H groups in total. The maximum atomic E-state index is 12.2. The Bertz CT molecular complexity index is 307. The molecule has 5 heteroatoms. The summed E-state index contributed by atoms with van der Waals surface area (Å²) >= 11 is 0. The molecular formula is C12H20N2O3. The van der Waals surface area contributed by atoms with Crippen molar-refractivity contribution >= 4 is 12.0 Å². The molecule has 2 amide bonds. The van der Waals surface area contributed by atoms with Crippen LogP contribution in [0.5, 0.6) is 0 Å². The summed E-state index contributed by atoms with van der Waals surface area (Å²) in [4.78, 5) is 26.7. The summed E-state index contributed by atoms with van der Waals surface area (Å²) in [5, 5.41) is 8.90. The molecule has 2 fully saturated rings. The van der Waals surface area contributed by atoms with Gasteiger partial charge in [-0.2, -0.15) is 0 Å². The van der Waals surface area contributed by atoms with Crippen LogP contribution >= 0.6 is 0 Å².